The summed E-state index contributed by atoms with van der Waals surface area (Å²) >= 11 is 11.8. The summed E-state index contributed by atoms with van der Waals surface area (Å²) in [4.78, 5) is 27.4. The van der Waals surface area contributed by atoms with E-state index < -0.39 is 4.92 Å². The molecule has 1 heterocycles. The molecule has 1 atom stereocenters. The van der Waals surface area contributed by atoms with Crippen molar-refractivity contribution in [2.75, 3.05) is 36.4 Å². The third-order valence-corrected chi connectivity index (χ3v) is 5.28. The van der Waals surface area contributed by atoms with E-state index in [-0.39, 0.29) is 17.6 Å². The molecule has 1 aliphatic heterocycles. The second kappa shape index (κ2) is 8.77. The molecule has 0 saturated carbocycles. The van der Waals surface area contributed by atoms with Gasteiger partial charge in [-0.2, -0.15) is 0 Å². The number of halogens is 2. The van der Waals surface area contributed by atoms with Gasteiger partial charge in [0.05, 0.1) is 11.0 Å². The van der Waals surface area contributed by atoms with E-state index in [1.54, 1.807) is 36.4 Å². The molecule has 0 spiro atoms. The molecule has 148 valence electrons. The number of nitrogens with one attached hydrogen (secondary N) is 1. The Morgan fingerprint density at radius 1 is 1.11 bits per heavy atom. The van der Waals surface area contributed by atoms with Gasteiger partial charge in [-0.3, -0.25) is 19.8 Å². The molecule has 28 heavy (non-hydrogen) atoms. The fourth-order valence-electron chi connectivity index (χ4n) is 3.24. The fourth-order valence-corrected chi connectivity index (χ4v) is 3.60. The van der Waals surface area contributed by atoms with Crippen LogP contribution in [0.3, 0.4) is 0 Å². The van der Waals surface area contributed by atoms with Gasteiger partial charge >= 0.3 is 0 Å². The van der Waals surface area contributed by atoms with Gasteiger partial charge < -0.3 is 10.2 Å². The van der Waals surface area contributed by atoms with E-state index in [9.17, 15) is 14.9 Å². The van der Waals surface area contributed by atoms with Gasteiger partial charge in [0.15, 0.2) is 0 Å². The lowest BCUT2D eigenvalue weighted by Crippen LogP contribution is -2.53. The van der Waals surface area contributed by atoms with Crippen LogP contribution in [-0.4, -0.2) is 48.0 Å². The lowest BCUT2D eigenvalue weighted by atomic mass is 10.1. The zero-order valence-electron chi connectivity index (χ0n) is 15.3. The van der Waals surface area contributed by atoms with Crippen LogP contribution in [-0.2, 0) is 4.79 Å². The molecule has 1 amide bonds. The Balaban J connectivity index is 1.62. The first-order chi connectivity index (χ1) is 13.3. The largest absolute Gasteiger partial charge is 0.363 e. The number of nitro groups is 1. The number of anilines is 2. The number of benzene rings is 2. The van der Waals surface area contributed by atoms with Crippen molar-refractivity contribution < 1.29 is 9.72 Å². The van der Waals surface area contributed by atoms with Crippen LogP contribution >= 0.6 is 23.2 Å². The topological polar surface area (TPSA) is 78.7 Å². The molecular weight excluding hydrogens is 403 g/mol. The van der Waals surface area contributed by atoms with E-state index in [0.29, 0.717) is 47.6 Å². The van der Waals surface area contributed by atoms with Gasteiger partial charge in [-0.05, 0) is 37.3 Å². The molecule has 0 radical (unpaired) electrons. The van der Waals surface area contributed by atoms with E-state index in [1.807, 2.05) is 11.8 Å². The number of carbonyl (C=O) groups excluding carboxylic acids is 1. The molecule has 1 aliphatic rings. The van der Waals surface area contributed by atoms with E-state index in [2.05, 4.69) is 10.2 Å². The van der Waals surface area contributed by atoms with Crippen LogP contribution in [0.2, 0.25) is 10.0 Å². The Labute approximate surface area is 173 Å². The van der Waals surface area contributed by atoms with Crippen molar-refractivity contribution in [3.05, 3.63) is 62.6 Å². The van der Waals surface area contributed by atoms with Crippen LogP contribution in [0.4, 0.5) is 17.1 Å². The highest BCUT2D eigenvalue weighted by Gasteiger charge is 2.28. The molecule has 7 nitrogen and oxygen atoms in total. The van der Waals surface area contributed by atoms with Gasteiger partial charge in [-0.15, -0.1) is 0 Å². The van der Waals surface area contributed by atoms with E-state index >= 15 is 0 Å². The van der Waals surface area contributed by atoms with Gasteiger partial charge in [0, 0.05) is 48.0 Å². The summed E-state index contributed by atoms with van der Waals surface area (Å²) in [6.45, 7) is 4.24. The Bertz CT molecular complexity index is 885. The number of nitrogens with zero attached hydrogens (tertiary/aromatic N) is 3. The standard InChI is InChI=1S/C19H20Cl2N4O3/c1-13(19(26)22-16-4-2-3-14(20)11-16)23-7-9-24(10-8-23)17-6-5-15(21)12-18(17)25(27)28/h2-6,11-13H,7-10H2,1H3,(H,22,26). The van der Waals surface area contributed by atoms with Crippen LogP contribution in [0.25, 0.3) is 0 Å². The average molecular weight is 423 g/mol. The maximum Gasteiger partial charge on any atom is 0.294 e. The minimum absolute atomic E-state index is 0.00676. The predicted octanol–water partition coefficient (Wildman–Crippen LogP) is 4.05. The van der Waals surface area contributed by atoms with Crippen molar-refractivity contribution in [2.24, 2.45) is 0 Å². The first-order valence-corrected chi connectivity index (χ1v) is 9.60. The van der Waals surface area contributed by atoms with Crippen LogP contribution in [0.1, 0.15) is 6.92 Å². The Morgan fingerprint density at radius 3 is 2.43 bits per heavy atom. The molecule has 0 aliphatic carbocycles. The smallest absolute Gasteiger partial charge is 0.294 e. The lowest BCUT2D eigenvalue weighted by Gasteiger charge is -2.38. The van der Waals surface area contributed by atoms with Gasteiger partial charge in [0.2, 0.25) is 5.91 Å². The van der Waals surface area contributed by atoms with Crippen molar-refractivity contribution in [2.45, 2.75) is 13.0 Å². The minimum Gasteiger partial charge on any atom is -0.363 e. The van der Waals surface area contributed by atoms with Crippen molar-refractivity contribution in [3.8, 4) is 0 Å². The van der Waals surface area contributed by atoms with E-state index in [4.69, 9.17) is 23.2 Å². The summed E-state index contributed by atoms with van der Waals surface area (Å²) < 4.78 is 0. The summed E-state index contributed by atoms with van der Waals surface area (Å²) in [5.74, 6) is -0.117. The number of hydrogen-bond acceptors (Lipinski definition) is 5. The van der Waals surface area contributed by atoms with E-state index in [1.165, 1.54) is 6.07 Å². The first kappa shape index (κ1) is 20.4. The Hall–Kier alpha value is -2.35. The highest BCUT2D eigenvalue weighted by molar-refractivity contribution is 6.31. The second-order valence-electron chi connectivity index (χ2n) is 6.59. The molecule has 1 saturated heterocycles. The monoisotopic (exact) mass is 422 g/mol. The number of nitro benzene ring substituents is 1. The van der Waals surface area contributed by atoms with Crippen molar-refractivity contribution in [1.29, 1.82) is 0 Å². The molecule has 9 heteroatoms. The SMILES string of the molecule is CC(C(=O)Nc1cccc(Cl)c1)N1CCN(c2ccc(Cl)cc2[N+](=O)[O-])CC1. The van der Waals surface area contributed by atoms with Gasteiger partial charge in [-0.25, -0.2) is 0 Å². The van der Waals surface area contributed by atoms with Gasteiger partial charge in [-0.1, -0.05) is 29.3 Å². The molecule has 0 aromatic heterocycles. The second-order valence-corrected chi connectivity index (χ2v) is 7.46. The van der Waals surface area contributed by atoms with Crippen LogP contribution < -0.4 is 10.2 Å². The molecule has 2 aromatic carbocycles. The lowest BCUT2D eigenvalue weighted by molar-refractivity contribution is -0.384. The Kier molecular flexibility index (Phi) is 6.39. The van der Waals surface area contributed by atoms with Crippen molar-refractivity contribution >= 4 is 46.2 Å². The van der Waals surface area contributed by atoms with Crippen LogP contribution in [0.15, 0.2) is 42.5 Å². The number of carbonyl (C=O) groups is 1. The highest BCUT2D eigenvalue weighted by atomic mass is 35.5. The van der Waals surface area contributed by atoms with E-state index in [0.717, 1.165) is 0 Å². The fraction of sp³-hybridized carbons (Fsp3) is 0.316. The maximum atomic E-state index is 12.5. The van der Waals surface area contributed by atoms with Crippen molar-refractivity contribution in [3.63, 3.8) is 0 Å². The summed E-state index contributed by atoms with van der Waals surface area (Å²) in [7, 11) is 0. The zero-order valence-corrected chi connectivity index (χ0v) is 16.8. The first-order valence-electron chi connectivity index (χ1n) is 8.84. The summed E-state index contributed by atoms with van der Waals surface area (Å²) in [6.07, 6.45) is 0. The van der Waals surface area contributed by atoms with Crippen molar-refractivity contribution in [1.82, 2.24) is 4.90 Å². The third kappa shape index (κ3) is 4.73. The molecule has 1 N–H and O–H groups in total. The van der Waals surface area contributed by atoms with Gasteiger partial charge in [0.25, 0.3) is 5.69 Å². The van der Waals surface area contributed by atoms with Crippen LogP contribution in [0.5, 0.6) is 0 Å². The number of rotatable bonds is 5. The molecule has 2 aromatic rings. The maximum absolute atomic E-state index is 12.5. The molecule has 3 rings (SSSR count). The summed E-state index contributed by atoms with van der Waals surface area (Å²) in [5.41, 5.74) is 1.19. The summed E-state index contributed by atoms with van der Waals surface area (Å²) in [6, 6.07) is 11.4. The minimum atomic E-state index is -0.422. The molecule has 1 fully saturated rings. The number of piperazine rings is 1. The molecule has 1 unspecified atom stereocenters. The van der Waals surface area contributed by atoms with Gasteiger partial charge in [0.1, 0.15) is 5.69 Å². The average Bonchev–Trinajstić information content (AvgIpc) is 2.67. The molecular formula is C19H20Cl2N4O3. The zero-order chi connectivity index (χ0) is 20.3. The number of hydrogen-bond donors (Lipinski definition) is 1. The van der Waals surface area contributed by atoms with Crippen LogP contribution in [0, 0.1) is 10.1 Å². The third-order valence-electron chi connectivity index (χ3n) is 4.81. The summed E-state index contributed by atoms with van der Waals surface area (Å²) in [5, 5.41) is 15.1. The highest BCUT2D eigenvalue weighted by Crippen LogP contribution is 2.31. The molecule has 0 bridgehead atoms. The number of amides is 1. The quantitative estimate of drug-likeness (QED) is 0.580. The normalized spacial score (nSPS) is 15.9. The Morgan fingerprint density at radius 2 is 1.79 bits per heavy atom. The predicted molar refractivity (Wildman–Crippen MR) is 111 cm³/mol.